The summed E-state index contributed by atoms with van der Waals surface area (Å²) in [6.07, 6.45) is 3.39. The highest BCUT2D eigenvalue weighted by Crippen LogP contribution is 2.16. The Kier molecular flexibility index (Phi) is 6.84. The van der Waals surface area contributed by atoms with Crippen molar-refractivity contribution in [2.75, 3.05) is 6.61 Å². The Morgan fingerprint density at radius 3 is 2.74 bits per heavy atom. The zero-order valence-corrected chi connectivity index (χ0v) is 14.4. The van der Waals surface area contributed by atoms with Crippen LogP contribution in [0.5, 0.6) is 5.75 Å². The van der Waals surface area contributed by atoms with Crippen molar-refractivity contribution in [3.8, 4) is 5.75 Å². The van der Waals surface area contributed by atoms with Gasteiger partial charge in [-0.25, -0.2) is 5.43 Å². The molecule has 118 valence electrons. The van der Waals surface area contributed by atoms with Gasteiger partial charge in [0.25, 0.3) is 5.91 Å². The van der Waals surface area contributed by atoms with Crippen molar-refractivity contribution in [3.05, 3.63) is 69.7 Å². The molecule has 0 aromatic heterocycles. The van der Waals surface area contributed by atoms with Crippen LogP contribution in [-0.4, -0.2) is 18.7 Å². The van der Waals surface area contributed by atoms with E-state index in [1.807, 2.05) is 36.4 Å². The first-order chi connectivity index (χ1) is 11.1. The van der Waals surface area contributed by atoms with Gasteiger partial charge in [-0.05, 0) is 45.8 Å². The van der Waals surface area contributed by atoms with Crippen molar-refractivity contribution in [1.29, 1.82) is 0 Å². The van der Waals surface area contributed by atoms with Gasteiger partial charge < -0.3 is 4.74 Å². The second-order valence-electron chi connectivity index (χ2n) is 4.48. The van der Waals surface area contributed by atoms with Crippen LogP contribution < -0.4 is 10.2 Å². The van der Waals surface area contributed by atoms with Gasteiger partial charge in [0.05, 0.1) is 6.21 Å². The molecular formula is C17H14BrClN2O2. The molecule has 1 amide bonds. The molecule has 0 unspecified atom stereocenters. The lowest BCUT2D eigenvalue weighted by atomic mass is 10.2. The van der Waals surface area contributed by atoms with Crippen molar-refractivity contribution in [3.63, 3.8) is 0 Å². The summed E-state index contributed by atoms with van der Waals surface area (Å²) in [5.41, 5.74) is 3.42. The van der Waals surface area contributed by atoms with E-state index >= 15 is 0 Å². The number of benzene rings is 2. The quantitative estimate of drug-likeness (QED) is 0.589. The van der Waals surface area contributed by atoms with E-state index in [0.29, 0.717) is 10.8 Å². The van der Waals surface area contributed by atoms with Gasteiger partial charge >= 0.3 is 0 Å². The summed E-state index contributed by atoms with van der Waals surface area (Å²) in [4.78, 5) is 11.6. The highest BCUT2D eigenvalue weighted by Gasteiger charge is 2.01. The first-order valence-corrected chi connectivity index (χ1v) is 7.93. The van der Waals surface area contributed by atoms with Gasteiger partial charge in [-0.15, -0.1) is 0 Å². The van der Waals surface area contributed by atoms with E-state index in [9.17, 15) is 4.79 Å². The molecule has 0 aliphatic carbocycles. The van der Waals surface area contributed by atoms with E-state index in [1.54, 1.807) is 24.3 Å². The largest absolute Gasteiger partial charge is 0.484 e. The van der Waals surface area contributed by atoms with Gasteiger partial charge in [0.1, 0.15) is 5.75 Å². The minimum absolute atomic E-state index is 0.141. The smallest absolute Gasteiger partial charge is 0.277 e. The van der Waals surface area contributed by atoms with Crippen LogP contribution in [0, 0.1) is 0 Å². The molecule has 23 heavy (non-hydrogen) atoms. The van der Waals surface area contributed by atoms with Gasteiger partial charge in [0, 0.05) is 9.51 Å². The Labute approximate surface area is 147 Å². The number of nitrogens with one attached hydrogen (secondary N) is 1. The molecule has 0 bridgehead atoms. The third-order valence-corrected chi connectivity index (χ3v) is 3.32. The van der Waals surface area contributed by atoms with E-state index in [1.165, 1.54) is 6.21 Å². The molecule has 0 aliphatic rings. The molecule has 0 aliphatic heterocycles. The number of hydrazone groups is 1. The second-order valence-corrected chi connectivity index (χ2v) is 5.83. The van der Waals surface area contributed by atoms with Crippen LogP contribution >= 0.6 is 27.5 Å². The van der Waals surface area contributed by atoms with Crippen LogP contribution in [0.3, 0.4) is 0 Å². The van der Waals surface area contributed by atoms with Gasteiger partial charge in [-0.1, -0.05) is 48.0 Å². The lowest BCUT2D eigenvalue weighted by Gasteiger charge is -2.04. The minimum atomic E-state index is -0.360. The zero-order valence-electron chi connectivity index (χ0n) is 12.1. The van der Waals surface area contributed by atoms with Crippen LogP contribution in [0.25, 0.3) is 6.08 Å². The Hall–Kier alpha value is -2.11. The Morgan fingerprint density at radius 1 is 1.22 bits per heavy atom. The van der Waals surface area contributed by atoms with Crippen LogP contribution in [0.2, 0.25) is 5.02 Å². The van der Waals surface area contributed by atoms with Crippen molar-refractivity contribution in [2.45, 2.75) is 0 Å². The molecule has 0 fully saturated rings. The number of hydrogen-bond donors (Lipinski definition) is 1. The Morgan fingerprint density at radius 2 is 2.00 bits per heavy atom. The predicted molar refractivity (Wildman–Crippen MR) is 96.9 cm³/mol. The number of hydrogen-bond acceptors (Lipinski definition) is 3. The summed E-state index contributed by atoms with van der Waals surface area (Å²) in [7, 11) is 0. The lowest BCUT2D eigenvalue weighted by molar-refractivity contribution is -0.123. The summed E-state index contributed by atoms with van der Waals surface area (Å²) in [6.45, 7) is -0.141. The SMILES string of the molecule is O=C(COc1cccc(Cl)c1)N/N=C/C(Br)=C/c1ccccc1. The number of carbonyl (C=O) groups is 1. The number of carbonyl (C=O) groups excluding carboxylic acids is 1. The zero-order chi connectivity index (χ0) is 16.5. The normalized spacial score (nSPS) is 11.5. The van der Waals surface area contributed by atoms with Gasteiger partial charge in [0.2, 0.25) is 0 Å². The van der Waals surface area contributed by atoms with Crippen LogP contribution in [0.15, 0.2) is 64.2 Å². The highest BCUT2D eigenvalue weighted by atomic mass is 79.9. The maximum absolute atomic E-state index is 11.6. The molecule has 0 saturated carbocycles. The monoisotopic (exact) mass is 392 g/mol. The molecule has 0 saturated heterocycles. The maximum Gasteiger partial charge on any atom is 0.277 e. The molecule has 4 nitrogen and oxygen atoms in total. The number of ether oxygens (including phenoxy) is 1. The van der Waals surface area contributed by atoms with Crippen LogP contribution in [0.4, 0.5) is 0 Å². The van der Waals surface area contributed by atoms with Gasteiger partial charge in [-0.2, -0.15) is 5.10 Å². The third-order valence-electron chi connectivity index (χ3n) is 2.65. The summed E-state index contributed by atoms with van der Waals surface area (Å²) in [6, 6.07) is 16.6. The van der Waals surface area contributed by atoms with Gasteiger partial charge in [0.15, 0.2) is 6.61 Å². The molecule has 0 atom stereocenters. The van der Waals surface area contributed by atoms with E-state index in [4.69, 9.17) is 16.3 Å². The number of halogens is 2. The standard InChI is InChI=1S/C17H14BrClN2O2/c18-14(9-13-5-2-1-3-6-13)11-20-21-17(22)12-23-16-8-4-7-15(19)10-16/h1-11H,12H2,(H,21,22)/b14-9-,20-11+. The molecule has 2 aromatic rings. The number of allylic oxidation sites excluding steroid dienone is 1. The molecule has 0 radical (unpaired) electrons. The highest BCUT2D eigenvalue weighted by molar-refractivity contribution is 9.12. The maximum atomic E-state index is 11.6. The minimum Gasteiger partial charge on any atom is -0.484 e. The summed E-state index contributed by atoms with van der Waals surface area (Å²) >= 11 is 9.19. The van der Waals surface area contributed by atoms with Crippen LogP contribution in [-0.2, 0) is 4.79 Å². The Bertz CT molecular complexity index is 718. The average Bonchev–Trinajstić information content (AvgIpc) is 2.54. The molecule has 1 N–H and O–H groups in total. The number of nitrogens with zero attached hydrogens (tertiary/aromatic N) is 1. The first kappa shape index (κ1) is 17.2. The summed E-state index contributed by atoms with van der Waals surface area (Å²) in [5, 5.41) is 4.40. The number of amides is 1. The fourth-order valence-corrected chi connectivity index (χ4v) is 2.20. The third kappa shape index (κ3) is 6.67. The fourth-order valence-electron chi connectivity index (χ4n) is 1.65. The molecule has 6 heteroatoms. The molecule has 0 spiro atoms. The van der Waals surface area contributed by atoms with E-state index in [0.717, 1.165) is 10.0 Å². The summed E-state index contributed by atoms with van der Waals surface area (Å²) < 4.78 is 6.04. The first-order valence-electron chi connectivity index (χ1n) is 6.76. The van der Waals surface area contributed by atoms with E-state index in [-0.39, 0.29) is 12.5 Å². The molecule has 2 rings (SSSR count). The second kappa shape index (κ2) is 9.12. The van der Waals surface area contributed by atoms with E-state index < -0.39 is 0 Å². The van der Waals surface area contributed by atoms with Crippen molar-refractivity contribution in [2.24, 2.45) is 5.10 Å². The van der Waals surface area contributed by atoms with Gasteiger partial charge in [-0.3, -0.25) is 4.79 Å². The summed E-state index contributed by atoms with van der Waals surface area (Å²) in [5.74, 6) is 0.169. The van der Waals surface area contributed by atoms with E-state index in [2.05, 4.69) is 26.5 Å². The van der Waals surface area contributed by atoms with Crippen LogP contribution in [0.1, 0.15) is 5.56 Å². The van der Waals surface area contributed by atoms with Crippen molar-refractivity contribution >= 4 is 45.7 Å². The predicted octanol–water partition coefficient (Wildman–Crippen LogP) is 4.26. The molecule has 2 aromatic carbocycles. The number of rotatable bonds is 6. The Balaban J connectivity index is 1.78. The fraction of sp³-hybridized carbons (Fsp3) is 0.0588. The average molecular weight is 394 g/mol. The topological polar surface area (TPSA) is 50.7 Å². The lowest BCUT2D eigenvalue weighted by Crippen LogP contribution is -2.24. The molecular weight excluding hydrogens is 380 g/mol. The van der Waals surface area contributed by atoms with Crippen molar-refractivity contribution < 1.29 is 9.53 Å². The molecule has 0 heterocycles. The van der Waals surface area contributed by atoms with Crippen molar-refractivity contribution in [1.82, 2.24) is 5.43 Å².